The Bertz CT molecular complexity index is 804. The van der Waals surface area contributed by atoms with Gasteiger partial charge in [-0.3, -0.25) is 9.59 Å². The van der Waals surface area contributed by atoms with Crippen molar-refractivity contribution in [3.63, 3.8) is 0 Å². The molecule has 2 aliphatic rings. The van der Waals surface area contributed by atoms with Gasteiger partial charge in [0.15, 0.2) is 17.3 Å². The van der Waals surface area contributed by atoms with E-state index >= 15 is 0 Å². The van der Waals surface area contributed by atoms with E-state index in [-0.39, 0.29) is 23.8 Å². The molecule has 0 bridgehead atoms. The van der Waals surface area contributed by atoms with Crippen molar-refractivity contribution in [2.24, 2.45) is 0 Å². The van der Waals surface area contributed by atoms with Crippen LogP contribution < -0.4 is 9.47 Å². The Morgan fingerprint density at radius 1 is 1.15 bits per heavy atom. The number of fused-ring (bicyclic) bond motifs is 1. The lowest BCUT2D eigenvalue weighted by atomic mass is 10.1. The third kappa shape index (κ3) is 3.21. The van der Waals surface area contributed by atoms with Gasteiger partial charge in [-0.2, -0.15) is 0 Å². The van der Waals surface area contributed by atoms with Gasteiger partial charge in [0.25, 0.3) is 5.91 Å². The molecule has 0 saturated carbocycles. The highest BCUT2D eigenvalue weighted by molar-refractivity contribution is 7.12. The van der Waals surface area contributed by atoms with E-state index in [1.165, 1.54) is 11.3 Å². The highest BCUT2D eigenvalue weighted by Gasteiger charge is 2.41. The number of nitrogens with zero attached hydrogens (tertiary/aromatic N) is 1. The van der Waals surface area contributed by atoms with Crippen LogP contribution in [0, 0.1) is 0 Å². The Labute approximate surface area is 156 Å². The maximum Gasteiger partial charge on any atom is 0.267 e. The van der Waals surface area contributed by atoms with E-state index in [4.69, 9.17) is 9.47 Å². The Hall–Kier alpha value is -2.34. The van der Waals surface area contributed by atoms with E-state index in [1.807, 2.05) is 53.6 Å². The molecule has 0 N–H and O–H groups in total. The van der Waals surface area contributed by atoms with Gasteiger partial charge in [-0.1, -0.05) is 18.2 Å². The molecule has 3 atom stereocenters. The lowest BCUT2D eigenvalue weighted by Gasteiger charge is -2.35. The lowest BCUT2D eigenvalue weighted by Crippen LogP contribution is -2.52. The van der Waals surface area contributed by atoms with Crippen molar-refractivity contribution < 1.29 is 19.1 Å². The van der Waals surface area contributed by atoms with Crippen LogP contribution in [0.1, 0.15) is 35.9 Å². The SMILES string of the molecule is CC1Oc2ccccc2OC1C(=O)N1CCCC1CC(=O)c1cccs1. The molecular weight excluding hydrogens is 350 g/mol. The Morgan fingerprint density at radius 3 is 2.65 bits per heavy atom. The van der Waals surface area contributed by atoms with Gasteiger partial charge in [-0.15, -0.1) is 11.3 Å². The topological polar surface area (TPSA) is 55.8 Å². The number of ether oxygens (including phenoxy) is 2. The number of Topliss-reactive ketones (excluding diaryl/α,β-unsaturated/α-hetero) is 1. The van der Waals surface area contributed by atoms with Crippen LogP contribution in [0.3, 0.4) is 0 Å². The molecule has 26 heavy (non-hydrogen) atoms. The van der Waals surface area contributed by atoms with Gasteiger partial charge in [0.2, 0.25) is 6.10 Å². The van der Waals surface area contributed by atoms with Crippen molar-refractivity contribution >= 4 is 23.0 Å². The Kier molecular flexibility index (Phi) is 4.68. The summed E-state index contributed by atoms with van der Waals surface area (Å²) in [5.74, 6) is 1.27. The molecule has 1 fully saturated rings. The number of hydrogen-bond donors (Lipinski definition) is 0. The second-order valence-corrected chi connectivity index (χ2v) is 7.69. The summed E-state index contributed by atoms with van der Waals surface area (Å²) < 4.78 is 11.8. The van der Waals surface area contributed by atoms with Gasteiger partial charge in [-0.25, -0.2) is 0 Å². The van der Waals surface area contributed by atoms with Crippen molar-refractivity contribution in [2.75, 3.05) is 6.54 Å². The van der Waals surface area contributed by atoms with Crippen LogP contribution in [0.5, 0.6) is 11.5 Å². The van der Waals surface area contributed by atoms with Crippen LogP contribution >= 0.6 is 11.3 Å². The predicted octanol–water partition coefficient (Wildman–Crippen LogP) is 3.54. The molecular formula is C20H21NO4S. The summed E-state index contributed by atoms with van der Waals surface area (Å²) in [5.41, 5.74) is 0. The third-order valence-electron chi connectivity index (χ3n) is 4.96. The van der Waals surface area contributed by atoms with E-state index in [1.54, 1.807) is 0 Å². The van der Waals surface area contributed by atoms with Crippen molar-refractivity contribution in [2.45, 2.75) is 44.4 Å². The van der Waals surface area contributed by atoms with Crippen LogP contribution in [-0.2, 0) is 4.79 Å². The number of likely N-dealkylation sites (tertiary alicyclic amines) is 1. The maximum atomic E-state index is 13.1. The molecule has 1 aromatic carbocycles. The molecule has 2 aromatic rings. The monoisotopic (exact) mass is 371 g/mol. The quantitative estimate of drug-likeness (QED) is 0.772. The van der Waals surface area contributed by atoms with E-state index in [9.17, 15) is 9.59 Å². The fraction of sp³-hybridized carbons (Fsp3) is 0.400. The smallest absolute Gasteiger partial charge is 0.267 e. The van der Waals surface area contributed by atoms with Gasteiger partial charge in [0.05, 0.1) is 4.88 Å². The highest BCUT2D eigenvalue weighted by atomic mass is 32.1. The zero-order chi connectivity index (χ0) is 18.1. The molecule has 0 spiro atoms. The number of carbonyl (C=O) groups excluding carboxylic acids is 2. The summed E-state index contributed by atoms with van der Waals surface area (Å²) in [4.78, 5) is 28.1. The largest absolute Gasteiger partial charge is 0.482 e. The van der Waals surface area contributed by atoms with Crippen LogP contribution in [-0.4, -0.2) is 41.4 Å². The van der Waals surface area contributed by atoms with E-state index in [2.05, 4.69) is 0 Å². The molecule has 1 aromatic heterocycles. The Morgan fingerprint density at radius 2 is 1.92 bits per heavy atom. The zero-order valence-electron chi connectivity index (χ0n) is 14.6. The van der Waals surface area contributed by atoms with Crippen LogP contribution in [0.25, 0.3) is 0 Å². The number of carbonyl (C=O) groups is 2. The van der Waals surface area contributed by atoms with Crippen LogP contribution in [0.15, 0.2) is 41.8 Å². The molecule has 6 heteroatoms. The first kappa shape index (κ1) is 17.1. The van der Waals surface area contributed by atoms with Gasteiger partial charge >= 0.3 is 0 Å². The van der Waals surface area contributed by atoms with Crippen LogP contribution in [0.4, 0.5) is 0 Å². The summed E-state index contributed by atoms with van der Waals surface area (Å²) in [5, 5.41) is 1.90. The van der Waals surface area contributed by atoms with E-state index in [0.29, 0.717) is 24.5 Å². The number of thiophene rings is 1. The zero-order valence-corrected chi connectivity index (χ0v) is 15.4. The first-order valence-corrected chi connectivity index (χ1v) is 9.81. The Balaban J connectivity index is 1.47. The molecule has 0 radical (unpaired) electrons. The van der Waals surface area contributed by atoms with E-state index < -0.39 is 6.10 Å². The number of ketones is 1. The second kappa shape index (κ2) is 7.11. The van der Waals surface area contributed by atoms with Gasteiger partial charge in [-0.05, 0) is 43.3 Å². The molecule has 1 saturated heterocycles. The predicted molar refractivity (Wildman–Crippen MR) is 98.9 cm³/mol. The fourth-order valence-electron chi connectivity index (χ4n) is 3.64. The number of amides is 1. The third-order valence-corrected chi connectivity index (χ3v) is 5.87. The second-order valence-electron chi connectivity index (χ2n) is 6.74. The number of rotatable bonds is 4. The molecule has 2 aliphatic heterocycles. The summed E-state index contributed by atoms with van der Waals surface area (Å²) in [6.07, 6.45) is 1.08. The molecule has 136 valence electrons. The number of para-hydroxylation sites is 2. The molecule has 0 aliphatic carbocycles. The fourth-order valence-corrected chi connectivity index (χ4v) is 4.32. The van der Waals surface area contributed by atoms with E-state index in [0.717, 1.165) is 17.7 Å². The highest BCUT2D eigenvalue weighted by Crippen LogP contribution is 2.35. The normalized spacial score (nSPS) is 24.5. The first-order chi connectivity index (χ1) is 12.6. The number of hydrogen-bond acceptors (Lipinski definition) is 5. The standard InChI is InChI=1S/C20H21NO4S/c1-13-19(25-17-8-3-2-7-16(17)24-13)20(23)21-10-4-6-14(21)12-15(22)18-9-5-11-26-18/h2-3,5,7-9,11,13-14,19H,4,6,10,12H2,1H3. The average molecular weight is 371 g/mol. The van der Waals surface area contributed by atoms with Gasteiger partial charge < -0.3 is 14.4 Å². The average Bonchev–Trinajstić information content (AvgIpc) is 3.32. The van der Waals surface area contributed by atoms with Gasteiger partial charge in [0.1, 0.15) is 6.10 Å². The molecule has 1 amide bonds. The van der Waals surface area contributed by atoms with Crippen molar-refractivity contribution in [3.8, 4) is 11.5 Å². The molecule has 5 nitrogen and oxygen atoms in total. The molecule has 4 rings (SSSR count). The van der Waals surface area contributed by atoms with Gasteiger partial charge in [0, 0.05) is 19.0 Å². The molecule has 3 heterocycles. The van der Waals surface area contributed by atoms with Crippen molar-refractivity contribution in [1.82, 2.24) is 4.90 Å². The minimum atomic E-state index is -0.678. The summed E-state index contributed by atoms with van der Waals surface area (Å²) in [6.45, 7) is 2.51. The molecule has 3 unspecified atom stereocenters. The van der Waals surface area contributed by atoms with Crippen LogP contribution in [0.2, 0.25) is 0 Å². The maximum absolute atomic E-state index is 13.1. The minimum absolute atomic E-state index is 0.0647. The van der Waals surface area contributed by atoms with Crippen molar-refractivity contribution in [3.05, 3.63) is 46.7 Å². The summed E-state index contributed by atoms with van der Waals surface area (Å²) >= 11 is 1.45. The summed E-state index contributed by atoms with van der Waals surface area (Å²) in [6, 6.07) is 11.0. The number of benzene rings is 1. The lowest BCUT2D eigenvalue weighted by molar-refractivity contribution is -0.145. The first-order valence-electron chi connectivity index (χ1n) is 8.93. The summed E-state index contributed by atoms with van der Waals surface area (Å²) in [7, 11) is 0. The van der Waals surface area contributed by atoms with Crippen molar-refractivity contribution in [1.29, 1.82) is 0 Å². The minimum Gasteiger partial charge on any atom is -0.482 e.